The summed E-state index contributed by atoms with van der Waals surface area (Å²) in [5, 5.41) is 13.2. The van der Waals surface area contributed by atoms with E-state index < -0.39 is 62.0 Å². The molecule has 0 radical (unpaired) electrons. The van der Waals surface area contributed by atoms with E-state index in [1.165, 1.54) is 36.5 Å². The highest BCUT2D eigenvalue weighted by Gasteiger charge is 2.40. The third-order valence-corrected chi connectivity index (χ3v) is 7.86. The van der Waals surface area contributed by atoms with Gasteiger partial charge in [-0.1, -0.05) is 34.1 Å². The maximum absolute atomic E-state index is 13.9. The molecule has 0 spiro atoms. The van der Waals surface area contributed by atoms with Crippen LogP contribution in [0.15, 0.2) is 51.1 Å². The number of para-hydroxylation sites is 1. The van der Waals surface area contributed by atoms with Gasteiger partial charge in [-0.2, -0.15) is 5.09 Å². The monoisotopic (exact) mass is 659 g/mol. The lowest BCUT2D eigenvalue weighted by Gasteiger charge is -2.25. The number of aromatic nitrogens is 2. The summed E-state index contributed by atoms with van der Waals surface area (Å²) < 4.78 is 41.5. The van der Waals surface area contributed by atoms with Crippen LogP contribution in [-0.2, 0) is 32.9 Å². The molecule has 1 aliphatic heterocycles. The summed E-state index contributed by atoms with van der Waals surface area (Å²) in [5.41, 5.74) is -1.17. The zero-order valence-electron chi connectivity index (χ0n) is 22.3. The molecule has 4 unspecified atom stereocenters. The van der Waals surface area contributed by atoms with Crippen LogP contribution in [0.4, 0.5) is 0 Å². The van der Waals surface area contributed by atoms with Crippen LogP contribution >= 0.6 is 23.7 Å². The van der Waals surface area contributed by atoms with E-state index in [4.69, 9.17) is 18.5 Å². The number of H-pyrrole nitrogens is 1. The second-order valence-corrected chi connectivity index (χ2v) is 11.1. The van der Waals surface area contributed by atoms with Crippen LogP contribution in [0.5, 0.6) is 5.75 Å². The number of methoxy groups -OCH3 is 2. The molecule has 3 rings (SSSR count). The summed E-state index contributed by atoms with van der Waals surface area (Å²) in [6, 6.07) is 6.88. The molecule has 0 saturated carbocycles. The van der Waals surface area contributed by atoms with E-state index in [2.05, 4.69) is 30.7 Å². The normalized spacial score (nSPS) is 20.8. The Morgan fingerprint density at radius 2 is 2.00 bits per heavy atom. The standard InChI is InChI=1S/C25H31BrN3O11P/c1-36-22(31)10-6-9-18(24(33)37-2)28-41(35,40-17-7-4-3-5-8-17)38-15-20-19(30)13-21(39-20)29-14-16(11-12-26)23(32)27-25(29)34/h3-5,7-8,11-12,14,18-21,30H,6,9-10,13,15H2,1-2H3,(H,28,35)(H,27,32,34)/b12-11+/t18-,19?,20?,21?,41?/m0/s1. The third-order valence-electron chi connectivity index (χ3n) is 6.03. The number of halogens is 1. The highest BCUT2D eigenvalue weighted by Crippen LogP contribution is 2.46. The number of ether oxygens (including phenoxy) is 3. The molecular formula is C25H31BrN3O11P. The molecule has 2 heterocycles. The SMILES string of the molecule is COC(=O)CCC[C@H](NP(=O)(OCC1OC(n2cc(/C=C/Br)c(=O)[nH]c2=O)CC1O)Oc1ccccc1)C(=O)OC. The fraction of sp³-hybridized carbons (Fsp3) is 0.440. The first-order valence-electron chi connectivity index (χ1n) is 12.5. The van der Waals surface area contributed by atoms with Crippen molar-refractivity contribution in [2.24, 2.45) is 0 Å². The first-order chi connectivity index (χ1) is 19.6. The molecule has 41 heavy (non-hydrogen) atoms. The van der Waals surface area contributed by atoms with Crippen molar-refractivity contribution < 1.29 is 42.5 Å². The minimum Gasteiger partial charge on any atom is -0.469 e. The van der Waals surface area contributed by atoms with Gasteiger partial charge in [0.05, 0.1) is 32.5 Å². The van der Waals surface area contributed by atoms with Crippen molar-refractivity contribution in [2.45, 2.75) is 50.2 Å². The molecule has 0 amide bonds. The van der Waals surface area contributed by atoms with Gasteiger partial charge in [0.2, 0.25) is 0 Å². The molecule has 0 aliphatic carbocycles. The van der Waals surface area contributed by atoms with Crippen LogP contribution in [0, 0.1) is 0 Å². The molecule has 3 N–H and O–H groups in total. The largest absolute Gasteiger partial charge is 0.469 e. The van der Waals surface area contributed by atoms with Crippen molar-refractivity contribution in [3.05, 3.63) is 67.9 Å². The fourth-order valence-corrected chi connectivity index (χ4v) is 5.76. The summed E-state index contributed by atoms with van der Waals surface area (Å²) >= 11 is 3.08. The van der Waals surface area contributed by atoms with Gasteiger partial charge < -0.3 is 23.8 Å². The van der Waals surface area contributed by atoms with Gasteiger partial charge in [0, 0.05) is 19.0 Å². The van der Waals surface area contributed by atoms with E-state index in [0.717, 1.165) is 11.7 Å². The molecule has 0 bridgehead atoms. The van der Waals surface area contributed by atoms with Crippen LogP contribution < -0.4 is 20.9 Å². The van der Waals surface area contributed by atoms with E-state index in [-0.39, 0.29) is 37.0 Å². The lowest BCUT2D eigenvalue weighted by atomic mass is 10.1. The number of hydrogen-bond donors (Lipinski definition) is 3. The average molecular weight is 660 g/mol. The maximum Gasteiger partial charge on any atom is 0.459 e. The average Bonchev–Trinajstić information content (AvgIpc) is 3.32. The highest BCUT2D eigenvalue weighted by molar-refractivity contribution is 9.11. The van der Waals surface area contributed by atoms with Gasteiger partial charge in [0.1, 0.15) is 24.1 Å². The lowest BCUT2D eigenvalue weighted by Crippen LogP contribution is -2.38. The maximum atomic E-state index is 13.9. The number of nitrogens with one attached hydrogen (secondary N) is 2. The number of carbonyl (C=O) groups is 2. The summed E-state index contributed by atoms with van der Waals surface area (Å²) in [7, 11) is -1.93. The molecule has 16 heteroatoms. The smallest absolute Gasteiger partial charge is 0.459 e. The van der Waals surface area contributed by atoms with Crippen molar-refractivity contribution in [3.63, 3.8) is 0 Å². The first-order valence-corrected chi connectivity index (χ1v) is 14.9. The van der Waals surface area contributed by atoms with Gasteiger partial charge >= 0.3 is 25.4 Å². The Morgan fingerprint density at radius 3 is 2.66 bits per heavy atom. The topological polar surface area (TPSA) is 184 Å². The lowest BCUT2D eigenvalue weighted by molar-refractivity contribution is -0.144. The molecule has 1 saturated heterocycles. The van der Waals surface area contributed by atoms with Crippen molar-refractivity contribution in [3.8, 4) is 5.75 Å². The molecule has 2 aromatic rings. The number of carbonyl (C=O) groups excluding carboxylic acids is 2. The third kappa shape index (κ3) is 9.21. The second-order valence-electron chi connectivity index (χ2n) is 8.85. The van der Waals surface area contributed by atoms with Crippen molar-refractivity contribution in [2.75, 3.05) is 20.8 Å². The second kappa shape index (κ2) is 15.2. The Labute approximate surface area is 243 Å². The zero-order valence-corrected chi connectivity index (χ0v) is 24.7. The number of benzene rings is 1. The van der Waals surface area contributed by atoms with Crippen molar-refractivity contribution >= 4 is 41.7 Å². The molecule has 1 aliphatic rings. The van der Waals surface area contributed by atoms with Crippen molar-refractivity contribution in [1.29, 1.82) is 0 Å². The molecule has 5 atom stereocenters. The Hall–Kier alpha value is -3.07. The number of aromatic amines is 1. The quantitative estimate of drug-likeness (QED) is 0.199. The molecule has 14 nitrogen and oxygen atoms in total. The molecule has 1 fully saturated rings. The van der Waals surface area contributed by atoms with Crippen LogP contribution in [-0.4, -0.2) is 65.7 Å². The van der Waals surface area contributed by atoms with Crippen LogP contribution in [0.1, 0.15) is 37.5 Å². The molecule has 1 aromatic heterocycles. The minimum absolute atomic E-state index is 0.0110. The Morgan fingerprint density at radius 1 is 1.27 bits per heavy atom. The number of hydrogen-bond acceptors (Lipinski definition) is 11. The predicted molar refractivity (Wildman–Crippen MR) is 149 cm³/mol. The minimum atomic E-state index is -4.33. The number of aliphatic hydroxyl groups excluding tert-OH is 1. The van der Waals surface area contributed by atoms with Gasteiger partial charge in [-0.05, 0) is 36.0 Å². The summed E-state index contributed by atoms with van der Waals surface area (Å²) in [5.74, 6) is -1.08. The van der Waals surface area contributed by atoms with Crippen LogP contribution in [0.3, 0.4) is 0 Å². The molecular weight excluding hydrogens is 629 g/mol. The number of nitrogens with zero attached hydrogens (tertiary/aromatic N) is 1. The zero-order chi connectivity index (χ0) is 30.0. The Kier molecular flexibility index (Phi) is 12.1. The number of rotatable bonds is 14. The van der Waals surface area contributed by atoms with Crippen molar-refractivity contribution in [1.82, 2.24) is 14.6 Å². The van der Waals surface area contributed by atoms with E-state index in [1.807, 2.05) is 0 Å². The van der Waals surface area contributed by atoms with Gasteiger partial charge in [-0.25, -0.2) is 9.36 Å². The number of esters is 2. The highest BCUT2D eigenvalue weighted by atomic mass is 79.9. The summed E-state index contributed by atoms with van der Waals surface area (Å²) in [4.78, 5) is 52.0. The molecule has 224 valence electrons. The Bertz CT molecular complexity index is 1380. The van der Waals surface area contributed by atoms with Gasteiger partial charge in [-0.3, -0.25) is 28.5 Å². The van der Waals surface area contributed by atoms with Gasteiger partial charge in [0.15, 0.2) is 0 Å². The van der Waals surface area contributed by atoms with Gasteiger partial charge in [-0.15, -0.1) is 0 Å². The number of aliphatic hydroxyl groups is 1. The van der Waals surface area contributed by atoms with E-state index >= 15 is 0 Å². The van der Waals surface area contributed by atoms with Gasteiger partial charge in [0.25, 0.3) is 5.56 Å². The van der Waals surface area contributed by atoms with Crippen LogP contribution in [0.2, 0.25) is 0 Å². The van der Waals surface area contributed by atoms with E-state index in [1.54, 1.807) is 18.2 Å². The summed E-state index contributed by atoms with van der Waals surface area (Å²) in [6.45, 7) is -0.461. The predicted octanol–water partition coefficient (Wildman–Crippen LogP) is 2.23. The Balaban J connectivity index is 1.78. The first kappa shape index (κ1) is 32.4. The fourth-order valence-electron chi connectivity index (χ4n) is 3.94. The molecule has 1 aromatic carbocycles. The summed E-state index contributed by atoms with van der Waals surface area (Å²) in [6.07, 6.45) is -0.213. The van der Waals surface area contributed by atoms with E-state index in [0.29, 0.717) is 0 Å². The van der Waals surface area contributed by atoms with E-state index in [9.17, 15) is 28.8 Å². The van der Waals surface area contributed by atoms with Crippen LogP contribution in [0.25, 0.3) is 6.08 Å².